The van der Waals surface area contributed by atoms with Crippen molar-refractivity contribution in [3.8, 4) is 0 Å². The Morgan fingerprint density at radius 2 is 0.682 bits per heavy atom. The molecule has 0 N–H and O–H groups in total. The fraction of sp³-hybridized carbons (Fsp3) is 0.0500. The second kappa shape index (κ2) is 13.8. The number of benzene rings is 6. The molecule has 214 valence electrons. The van der Waals surface area contributed by atoms with Crippen LogP contribution in [0, 0.1) is 0 Å². The van der Waals surface area contributed by atoms with Gasteiger partial charge in [0.2, 0.25) is 0 Å². The maximum absolute atomic E-state index is 6.75. The molecule has 4 heteroatoms. The minimum atomic E-state index is -0.706. The largest absolute Gasteiger partial charge is 0.373 e. The van der Waals surface area contributed by atoms with Crippen molar-refractivity contribution in [1.29, 1.82) is 0 Å². The van der Waals surface area contributed by atoms with E-state index in [1.54, 1.807) is 0 Å². The van der Waals surface area contributed by atoms with E-state index in [-0.39, 0.29) is 0 Å². The summed E-state index contributed by atoms with van der Waals surface area (Å²) in [5, 5.41) is 0.711. The average Bonchev–Trinajstić information content (AvgIpc) is 3.10. The minimum absolute atomic E-state index is 0.679. The molecular formula is C40H31ClN3-. The summed E-state index contributed by atoms with van der Waals surface area (Å²) in [6.45, 7) is 4.03. The molecule has 6 aromatic rings. The number of rotatable bonds is 8. The van der Waals surface area contributed by atoms with Gasteiger partial charge in [-0.3, -0.25) is 4.91 Å². The Balaban J connectivity index is 0.00000123. The van der Waals surface area contributed by atoms with Crippen molar-refractivity contribution in [2.45, 2.75) is 10.8 Å². The third kappa shape index (κ3) is 5.31. The lowest BCUT2D eigenvalue weighted by Crippen LogP contribution is -2.52. The zero-order valence-electron chi connectivity index (χ0n) is 24.2. The van der Waals surface area contributed by atoms with Crippen LogP contribution in [0.3, 0.4) is 0 Å². The molecule has 6 aromatic carbocycles. The van der Waals surface area contributed by atoms with E-state index in [0.717, 1.165) is 11.1 Å². The monoisotopic (exact) mass is 588 g/mol. The highest BCUT2D eigenvalue weighted by atomic mass is 35.5. The van der Waals surface area contributed by atoms with E-state index >= 15 is 0 Å². The lowest BCUT2D eigenvalue weighted by molar-refractivity contribution is 0.419. The van der Waals surface area contributed by atoms with Gasteiger partial charge in [0.15, 0.2) is 0 Å². The van der Waals surface area contributed by atoms with Crippen LogP contribution in [0.5, 0.6) is 0 Å². The van der Waals surface area contributed by atoms with Crippen molar-refractivity contribution in [2.24, 2.45) is 0 Å². The number of nitrogens with zero attached hydrogens (tertiary/aromatic N) is 3. The zero-order valence-corrected chi connectivity index (χ0v) is 24.9. The SMILES string of the molecule is C=Cc1ccc(C(c2ccccc2)(c2ccc(Cl)cc2)C(c2ccccc2)(c2ccccc2)c2ccccc2)cc1.[N-]=[N+]=[N-]. The Kier molecular flexibility index (Phi) is 9.42. The minimum Gasteiger partial charge on any atom is -0.373 e. The molecule has 0 aromatic heterocycles. The van der Waals surface area contributed by atoms with Gasteiger partial charge in [0, 0.05) is 5.02 Å². The Morgan fingerprint density at radius 1 is 0.432 bits per heavy atom. The summed E-state index contributed by atoms with van der Waals surface area (Å²) >= 11 is 6.55. The first kappa shape index (κ1) is 30.1. The Labute approximate surface area is 264 Å². The molecule has 0 heterocycles. The first-order valence-electron chi connectivity index (χ1n) is 14.3. The van der Waals surface area contributed by atoms with Crippen LogP contribution in [0.15, 0.2) is 176 Å². The Hall–Kier alpha value is -5.34. The Bertz CT molecular complexity index is 1720. The molecule has 0 radical (unpaired) electrons. The molecule has 44 heavy (non-hydrogen) atoms. The summed E-state index contributed by atoms with van der Waals surface area (Å²) in [6.07, 6.45) is 1.90. The van der Waals surface area contributed by atoms with Gasteiger partial charge in [0.1, 0.15) is 0 Å². The van der Waals surface area contributed by atoms with Crippen molar-refractivity contribution in [2.75, 3.05) is 0 Å². The molecule has 3 nitrogen and oxygen atoms in total. The zero-order chi connectivity index (χ0) is 30.8. The third-order valence-corrected chi connectivity index (χ3v) is 8.50. The predicted molar refractivity (Wildman–Crippen MR) is 184 cm³/mol. The molecular weight excluding hydrogens is 558 g/mol. The highest BCUT2D eigenvalue weighted by molar-refractivity contribution is 6.30. The van der Waals surface area contributed by atoms with Crippen LogP contribution in [0.25, 0.3) is 22.0 Å². The van der Waals surface area contributed by atoms with E-state index < -0.39 is 10.8 Å². The van der Waals surface area contributed by atoms with Crippen molar-refractivity contribution in [3.05, 3.63) is 236 Å². The summed E-state index contributed by atoms with van der Waals surface area (Å²) < 4.78 is 0. The molecule has 6 rings (SSSR count). The van der Waals surface area contributed by atoms with E-state index in [9.17, 15) is 0 Å². The highest BCUT2D eigenvalue weighted by Crippen LogP contribution is 2.60. The topological polar surface area (TPSA) is 58.7 Å². The molecule has 0 aliphatic carbocycles. The summed E-state index contributed by atoms with van der Waals surface area (Å²) in [6, 6.07) is 61.0. The van der Waals surface area contributed by atoms with E-state index in [1.165, 1.54) is 32.7 Å². The van der Waals surface area contributed by atoms with Gasteiger partial charge in [0.25, 0.3) is 0 Å². The van der Waals surface area contributed by atoms with Gasteiger partial charge in [-0.25, -0.2) is 0 Å². The highest BCUT2D eigenvalue weighted by Gasteiger charge is 2.57. The van der Waals surface area contributed by atoms with Crippen molar-refractivity contribution < 1.29 is 0 Å². The van der Waals surface area contributed by atoms with Crippen LogP contribution in [-0.2, 0) is 10.8 Å². The van der Waals surface area contributed by atoms with Crippen molar-refractivity contribution in [1.82, 2.24) is 0 Å². The van der Waals surface area contributed by atoms with Crippen LogP contribution in [-0.4, -0.2) is 0 Å². The number of hydrogen-bond acceptors (Lipinski definition) is 0. The van der Waals surface area contributed by atoms with E-state index in [2.05, 4.69) is 164 Å². The van der Waals surface area contributed by atoms with Gasteiger partial charge >= 0.3 is 0 Å². The molecule has 1 atom stereocenters. The van der Waals surface area contributed by atoms with Gasteiger partial charge in [-0.1, -0.05) is 182 Å². The van der Waals surface area contributed by atoms with E-state index in [1.807, 2.05) is 18.2 Å². The molecule has 0 fully saturated rings. The summed E-state index contributed by atoms with van der Waals surface area (Å²) in [7, 11) is 0. The number of halogens is 1. The van der Waals surface area contributed by atoms with Crippen molar-refractivity contribution in [3.63, 3.8) is 0 Å². The van der Waals surface area contributed by atoms with Crippen LogP contribution in [0.1, 0.15) is 38.9 Å². The first-order chi connectivity index (χ1) is 21.6. The standard InChI is InChI=1S/C40H31Cl.N3/c1-2-31-23-25-36(26-24-31)40(35-21-13-6-14-22-35,37-27-29-38(41)30-28-37)39(32-15-7-3-8-16-32,33-17-9-4-10-18-33)34-19-11-5-12-20-34;1-3-2/h2-30H,1H2;/q;-1. The second-order valence-corrected chi connectivity index (χ2v) is 10.8. The fourth-order valence-electron chi connectivity index (χ4n) is 6.62. The van der Waals surface area contributed by atoms with Crippen molar-refractivity contribution >= 4 is 17.7 Å². The average molecular weight is 589 g/mol. The molecule has 0 aliphatic heterocycles. The molecule has 1 unspecified atom stereocenters. The van der Waals surface area contributed by atoms with Gasteiger partial charge in [0.05, 0.1) is 10.8 Å². The lowest BCUT2D eigenvalue weighted by atomic mass is 9.47. The third-order valence-electron chi connectivity index (χ3n) is 8.25. The fourth-order valence-corrected chi connectivity index (χ4v) is 6.75. The predicted octanol–water partition coefficient (Wildman–Crippen LogP) is 11.2. The van der Waals surface area contributed by atoms with Crippen LogP contribution in [0.4, 0.5) is 0 Å². The molecule has 0 bridgehead atoms. The lowest BCUT2D eigenvalue weighted by Gasteiger charge is -2.53. The molecule has 0 spiro atoms. The van der Waals surface area contributed by atoms with E-state index in [0.29, 0.717) is 5.02 Å². The van der Waals surface area contributed by atoms with Crippen LogP contribution >= 0.6 is 11.6 Å². The Morgan fingerprint density at radius 3 is 0.955 bits per heavy atom. The second-order valence-electron chi connectivity index (χ2n) is 10.4. The molecule has 0 aliphatic rings. The quantitative estimate of drug-likeness (QED) is 0.0734. The summed E-state index contributed by atoms with van der Waals surface area (Å²) in [5.41, 5.74) is 20.3. The van der Waals surface area contributed by atoms with Gasteiger partial charge < -0.3 is 11.1 Å². The van der Waals surface area contributed by atoms with Gasteiger partial charge in [-0.05, 0) is 51.1 Å². The normalized spacial score (nSPS) is 12.1. The van der Waals surface area contributed by atoms with Gasteiger partial charge in [-0.15, -0.1) is 0 Å². The molecule has 0 saturated carbocycles. The first-order valence-corrected chi connectivity index (χ1v) is 14.7. The number of hydrogen-bond donors (Lipinski definition) is 0. The van der Waals surface area contributed by atoms with E-state index in [4.69, 9.17) is 22.7 Å². The van der Waals surface area contributed by atoms with Crippen LogP contribution in [0.2, 0.25) is 5.02 Å². The summed E-state index contributed by atoms with van der Waals surface area (Å²) in [4.78, 5) is 1.50. The summed E-state index contributed by atoms with van der Waals surface area (Å²) in [5.74, 6) is 0. The molecule has 0 amide bonds. The molecule has 0 saturated heterocycles. The maximum atomic E-state index is 6.75. The maximum Gasteiger partial charge on any atom is 0.0629 e. The van der Waals surface area contributed by atoms with Crippen LogP contribution < -0.4 is 0 Å². The van der Waals surface area contributed by atoms with Gasteiger partial charge in [-0.2, -0.15) is 0 Å². The smallest absolute Gasteiger partial charge is 0.0629 e.